The van der Waals surface area contributed by atoms with Crippen molar-refractivity contribution in [1.29, 1.82) is 0 Å². The Morgan fingerprint density at radius 3 is 1.78 bits per heavy atom. The van der Waals surface area contributed by atoms with Crippen molar-refractivity contribution in [3.05, 3.63) is 0 Å². The Morgan fingerprint density at radius 2 is 1.28 bits per heavy atom. The first-order valence-corrected chi connectivity index (χ1v) is 8.57. The van der Waals surface area contributed by atoms with Gasteiger partial charge in [-0.15, -0.1) is 0 Å². The molecule has 18 heavy (non-hydrogen) atoms. The van der Waals surface area contributed by atoms with Crippen LogP contribution in [0.1, 0.15) is 83.5 Å². The molecule has 1 unspecified atom stereocenters. The quantitative estimate of drug-likeness (QED) is 0.700. The van der Waals surface area contributed by atoms with Gasteiger partial charge in [-0.2, -0.15) is 0 Å². The van der Waals surface area contributed by atoms with E-state index in [4.69, 9.17) is 0 Å². The van der Waals surface area contributed by atoms with E-state index in [1.165, 1.54) is 83.5 Å². The fraction of sp³-hybridized carbons (Fsp3) is 1.00. The van der Waals surface area contributed by atoms with Crippen molar-refractivity contribution < 1.29 is 0 Å². The highest BCUT2D eigenvalue weighted by Crippen LogP contribution is 2.32. The van der Waals surface area contributed by atoms with Crippen molar-refractivity contribution in [3.8, 4) is 0 Å². The molecule has 0 aromatic heterocycles. The van der Waals surface area contributed by atoms with Crippen LogP contribution in [0.3, 0.4) is 0 Å². The van der Waals surface area contributed by atoms with Crippen LogP contribution in [-0.4, -0.2) is 13.1 Å². The molecule has 0 radical (unpaired) electrons. The van der Waals surface area contributed by atoms with Gasteiger partial charge in [-0.1, -0.05) is 64.2 Å². The highest BCUT2D eigenvalue weighted by molar-refractivity contribution is 4.80. The molecule has 2 rings (SSSR count). The van der Waals surface area contributed by atoms with Gasteiger partial charge in [-0.3, -0.25) is 0 Å². The van der Waals surface area contributed by atoms with Gasteiger partial charge in [-0.05, 0) is 38.1 Å². The van der Waals surface area contributed by atoms with Crippen LogP contribution >= 0.6 is 0 Å². The van der Waals surface area contributed by atoms with Gasteiger partial charge in [0.05, 0.1) is 0 Å². The zero-order valence-electron chi connectivity index (χ0n) is 12.4. The maximum Gasteiger partial charge on any atom is 0.00949 e. The van der Waals surface area contributed by atoms with Gasteiger partial charge in [0.1, 0.15) is 0 Å². The molecule has 1 atom stereocenters. The molecule has 1 N–H and O–H groups in total. The maximum atomic E-state index is 3.67. The predicted octanol–water partition coefficient (Wildman–Crippen LogP) is 4.91. The van der Waals surface area contributed by atoms with Gasteiger partial charge in [0.2, 0.25) is 0 Å². The molecular weight excluding hydrogens is 218 g/mol. The molecule has 0 amide bonds. The van der Waals surface area contributed by atoms with Crippen molar-refractivity contribution in [2.24, 2.45) is 11.8 Å². The molecule has 106 valence electrons. The van der Waals surface area contributed by atoms with Gasteiger partial charge in [0.25, 0.3) is 0 Å². The SMILES string of the molecule is CNC(CC1CCCCCC1)C1CCCCCC1. The van der Waals surface area contributed by atoms with Gasteiger partial charge in [0, 0.05) is 6.04 Å². The minimum absolute atomic E-state index is 0.811. The Labute approximate surface area is 114 Å². The fourth-order valence-corrected chi connectivity index (χ4v) is 4.22. The summed E-state index contributed by atoms with van der Waals surface area (Å²) < 4.78 is 0. The molecule has 2 aliphatic rings. The summed E-state index contributed by atoms with van der Waals surface area (Å²) >= 11 is 0. The Bertz CT molecular complexity index is 198. The topological polar surface area (TPSA) is 12.0 Å². The average Bonchev–Trinajstić information content (AvgIpc) is 2.80. The number of nitrogens with one attached hydrogen (secondary N) is 1. The smallest absolute Gasteiger partial charge is 0.00949 e. The molecule has 2 saturated carbocycles. The molecular formula is C17H33N. The fourth-order valence-electron chi connectivity index (χ4n) is 4.22. The second-order valence-corrected chi connectivity index (χ2v) is 6.74. The third-order valence-electron chi connectivity index (χ3n) is 5.40. The Hall–Kier alpha value is -0.0400. The van der Waals surface area contributed by atoms with E-state index in [9.17, 15) is 0 Å². The minimum atomic E-state index is 0.811. The van der Waals surface area contributed by atoms with E-state index in [-0.39, 0.29) is 0 Å². The van der Waals surface area contributed by atoms with Crippen molar-refractivity contribution in [1.82, 2.24) is 5.32 Å². The highest BCUT2D eigenvalue weighted by atomic mass is 14.9. The molecule has 0 saturated heterocycles. The Kier molecular flexibility index (Phi) is 6.54. The van der Waals surface area contributed by atoms with Crippen LogP contribution in [0.25, 0.3) is 0 Å². The maximum absolute atomic E-state index is 3.67. The lowest BCUT2D eigenvalue weighted by Crippen LogP contribution is -2.35. The lowest BCUT2D eigenvalue weighted by Gasteiger charge is -2.29. The van der Waals surface area contributed by atoms with Crippen molar-refractivity contribution in [2.75, 3.05) is 7.05 Å². The van der Waals surface area contributed by atoms with Crippen molar-refractivity contribution in [2.45, 2.75) is 89.5 Å². The van der Waals surface area contributed by atoms with E-state index in [1.807, 2.05) is 0 Å². The van der Waals surface area contributed by atoms with Gasteiger partial charge < -0.3 is 5.32 Å². The summed E-state index contributed by atoms with van der Waals surface area (Å²) in [6, 6.07) is 0.811. The second-order valence-electron chi connectivity index (χ2n) is 6.74. The molecule has 0 spiro atoms. The average molecular weight is 251 g/mol. The van der Waals surface area contributed by atoms with E-state index >= 15 is 0 Å². The summed E-state index contributed by atoms with van der Waals surface area (Å²) in [6.07, 6.45) is 19.3. The van der Waals surface area contributed by atoms with Gasteiger partial charge in [0.15, 0.2) is 0 Å². The first-order valence-electron chi connectivity index (χ1n) is 8.57. The lowest BCUT2D eigenvalue weighted by atomic mass is 9.83. The van der Waals surface area contributed by atoms with Crippen LogP contribution in [0.5, 0.6) is 0 Å². The number of hydrogen-bond acceptors (Lipinski definition) is 1. The minimum Gasteiger partial charge on any atom is -0.317 e. The van der Waals surface area contributed by atoms with E-state index in [0.29, 0.717) is 0 Å². The monoisotopic (exact) mass is 251 g/mol. The summed E-state index contributed by atoms with van der Waals surface area (Å²) in [5.41, 5.74) is 0. The molecule has 2 fully saturated rings. The molecule has 0 bridgehead atoms. The van der Waals surface area contributed by atoms with E-state index in [1.54, 1.807) is 0 Å². The molecule has 0 aliphatic heterocycles. The van der Waals surface area contributed by atoms with E-state index < -0.39 is 0 Å². The summed E-state index contributed by atoms with van der Waals surface area (Å²) in [7, 11) is 2.20. The van der Waals surface area contributed by atoms with Crippen LogP contribution in [0, 0.1) is 11.8 Å². The van der Waals surface area contributed by atoms with Crippen LogP contribution in [-0.2, 0) is 0 Å². The molecule has 2 aliphatic carbocycles. The summed E-state index contributed by atoms with van der Waals surface area (Å²) in [6.45, 7) is 0. The molecule has 0 heterocycles. The molecule has 0 aromatic rings. The molecule has 0 aromatic carbocycles. The largest absolute Gasteiger partial charge is 0.317 e. The molecule has 1 heteroatoms. The highest BCUT2D eigenvalue weighted by Gasteiger charge is 2.24. The summed E-state index contributed by atoms with van der Waals surface area (Å²) in [5, 5.41) is 3.67. The van der Waals surface area contributed by atoms with E-state index in [2.05, 4.69) is 12.4 Å². The third kappa shape index (κ3) is 4.57. The third-order valence-corrected chi connectivity index (χ3v) is 5.40. The van der Waals surface area contributed by atoms with Crippen LogP contribution in [0.15, 0.2) is 0 Å². The first-order chi connectivity index (χ1) is 8.90. The zero-order chi connectivity index (χ0) is 12.6. The van der Waals surface area contributed by atoms with Gasteiger partial charge in [-0.25, -0.2) is 0 Å². The van der Waals surface area contributed by atoms with Crippen LogP contribution in [0.2, 0.25) is 0 Å². The Morgan fingerprint density at radius 1 is 0.778 bits per heavy atom. The molecule has 1 nitrogen and oxygen atoms in total. The van der Waals surface area contributed by atoms with Crippen molar-refractivity contribution >= 4 is 0 Å². The van der Waals surface area contributed by atoms with Crippen LogP contribution < -0.4 is 5.32 Å². The summed E-state index contributed by atoms with van der Waals surface area (Å²) in [5.74, 6) is 1.99. The number of rotatable bonds is 4. The van der Waals surface area contributed by atoms with Crippen molar-refractivity contribution in [3.63, 3.8) is 0 Å². The predicted molar refractivity (Wildman–Crippen MR) is 79.8 cm³/mol. The van der Waals surface area contributed by atoms with E-state index in [0.717, 1.165) is 17.9 Å². The lowest BCUT2D eigenvalue weighted by molar-refractivity contribution is 0.267. The standard InChI is InChI=1S/C17H33N/c1-18-17(16-12-8-4-5-9-13-16)14-15-10-6-2-3-7-11-15/h15-18H,2-14H2,1H3. The zero-order valence-corrected chi connectivity index (χ0v) is 12.4. The van der Waals surface area contributed by atoms with Gasteiger partial charge >= 0.3 is 0 Å². The summed E-state index contributed by atoms with van der Waals surface area (Å²) in [4.78, 5) is 0. The second kappa shape index (κ2) is 8.19. The number of hydrogen-bond donors (Lipinski definition) is 1. The Balaban J connectivity index is 1.82. The normalized spacial score (nSPS) is 26.5. The van der Waals surface area contributed by atoms with Crippen LogP contribution in [0.4, 0.5) is 0 Å². The first kappa shape index (κ1) is 14.4.